The molecule has 9 nitrogen and oxygen atoms in total. The molecule has 2 rings (SSSR count). The number of ether oxygens (including phenoxy) is 2. The predicted octanol–water partition coefficient (Wildman–Crippen LogP) is 1.47. The van der Waals surface area contributed by atoms with E-state index in [2.05, 4.69) is 25.6 Å². The molecule has 0 saturated carbocycles. The number of rotatable bonds is 7. The number of hydrogen-bond acceptors (Lipinski definition) is 6. The van der Waals surface area contributed by atoms with Gasteiger partial charge in [0.1, 0.15) is 13.2 Å². The minimum Gasteiger partial charge on any atom is -0.417 e. The molecule has 0 aromatic rings. The zero-order valence-corrected chi connectivity index (χ0v) is 13.6. The van der Waals surface area contributed by atoms with Gasteiger partial charge in [-0.2, -0.15) is 0 Å². The average molecular weight is 346 g/mol. The van der Waals surface area contributed by atoms with Gasteiger partial charge in [-0.25, -0.2) is 4.79 Å². The molecule has 0 aromatic carbocycles. The Bertz CT molecular complexity index is 691. The maximum absolute atomic E-state index is 11.8. The van der Waals surface area contributed by atoms with E-state index in [-0.39, 0.29) is 25.0 Å². The predicted molar refractivity (Wildman–Crippen MR) is 87.0 cm³/mol. The molecule has 3 amide bonds. The van der Waals surface area contributed by atoms with Gasteiger partial charge < -0.3 is 20.1 Å². The Morgan fingerprint density at radius 1 is 1.16 bits per heavy atom. The monoisotopic (exact) mass is 346 g/mol. The van der Waals surface area contributed by atoms with Gasteiger partial charge >= 0.3 is 6.09 Å². The average Bonchev–Trinajstić information content (AvgIpc) is 2.97. The first-order valence-corrected chi connectivity index (χ1v) is 7.62. The van der Waals surface area contributed by atoms with Crippen LogP contribution in [0.4, 0.5) is 4.79 Å². The number of carbonyl (C=O) groups is 3. The molecule has 1 heterocycles. The second-order valence-electron chi connectivity index (χ2n) is 4.98. The molecule has 2 aliphatic rings. The second-order valence-corrected chi connectivity index (χ2v) is 4.98. The van der Waals surface area contributed by atoms with Crippen molar-refractivity contribution in [2.24, 2.45) is 10.2 Å². The van der Waals surface area contributed by atoms with Crippen LogP contribution in [-0.2, 0) is 19.1 Å². The Morgan fingerprint density at radius 3 is 2.36 bits per heavy atom. The Morgan fingerprint density at radius 2 is 1.80 bits per heavy atom. The van der Waals surface area contributed by atoms with E-state index in [0.717, 1.165) is 0 Å². The van der Waals surface area contributed by atoms with Gasteiger partial charge in [0.05, 0.1) is 0 Å². The lowest BCUT2D eigenvalue weighted by Crippen LogP contribution is -2.28. The van der Waals surface area contributed by atoms with E-state index in [9.17, 15) is 14.4 Å². The number of nitrogens with zero attached hydrogens (tertiary/aromatic N) is 2. The van der Waals surface area contributed by atoms with Gasteiger partial charge in [-0.15, -0.1) is 5.11 Å². The van der Waals surface area contributed by atoms with Gasteiger partial charge in [-0.05, 0) is 24.3 Å². The summed E-state index contributed by atoms with van der Waals surface area (Å²) in [7, 11) is 0. The number of azo groups is 1. The third-order valence-electron chi connectivity index (χ3n) is 2.99. The number of hydrogen-bond donors (Lipinski definition) is 2. The van der Waals surface area contributed by atoms with Gasteiger partial charge in [-0.3, -0.25) is 9.59 Å². The van der Waals surface area contributed by atoms with Crippen molar-refractivity contribution < 1.29 is 23.9 Å². The fourth-order valence-electron chi connectivity index (χ4n) is 1.83. The highest BCUT2D eigenvalue weighted by molar-refractivity contribution is 5.80. The quantitative estimate of drug-likeness (QED) is 0.723. The minimum atomic E-state index is -0.800. The SMILES string of the molecule is CCC(=O)NC1=C/C=C\C(NC(=O)COCC2N=NC(=O)O2)=C/C=C\1. The summed E-state index contributed by atoms with van der Waals surface area (Å²) in [6, 6.07) is 0. The minimum absolute atomic E-state index is 0.0410. The largest absolute Gasteiger partial charge is 0.454 e. The molecule has 1 aliphatic heterocycles. The van der Waals surface area contributed by atoms with Crippen molar-refractivity contribution >= 4 is 17.9 Å². The third-order valence-corrected chi connectivity index (χ3v) is 2.99. The molecule has 0 bridgehead atoms. The smallest absolute Gasteiger partial charge is 0.417 e. The van der Waals surface area contributed by atoms with Crippen molar-refractivity contribution in [2.45, 2.75) is 19.6 Å². The number of amides is 3. The van der Waals surface area contributed by atoms with E-state index >= 15 is 0 Å². The molecule has 1 atom stereocenters. The van der Waals surface area contributed by atoms with Crippen molar-refractivity contribution in [1.29, 1.82) is 0 Å². The summed E-state index contributed by atoms with van der Waals surface area (Å²) in [6.07, 6.45) is 9.06. The fourth-order valence-corrected chi connectivity index (χ4v) is 1.83. The molecule has 0 spiro atoms. The molecule has 0 saturated heterocycles. The zero-order valence-electron chi connectivity index (χ0n) is 13.6. The molecule has 9 heteroatoms. The Balaban J connectivity index is 1.75. The van der Waals surface area contributed by atoms with E-state index in [1.54, 1.807) is 43.4 Å². The topological polar surface area (TPSA) is 118 Å². The van der Waals surface area contributed by atoms with Crippen LogP contribution in [0.25, 0.3) is 0 Å². The summed E-state index contributed by atoms with van der Waals surface area (Å²) < 4.78 is 9.80. The zero-order chi connectivity index (χ0) is 18.1. The van der Waals surface area contributed by atoms with E-state index in [1.165, 1.54) is 0 Å². The first-order chi connectivity index (χ1) is 12.1. The maximum Gasteiger partial charge on any atom is 0.454 e. The van der Waals surface area contributed by atoms with E-state index in [4.69, 9.17) is 4.74 Å². The molecule has 1 unspecified atom stereocenters. The highest BCUT2D eigenvalue weighted by Crippen LogP contribution is 2.07. The highest BCUT2D eigenvalue weighted by atomic mass is 16.6. The van der Waals surface area contributed by atoms with E-state index in [0.29, 0.717) is 17.8 Å². The first-order valence-electron chi connectivity index (χ1n) is 7.62. The van der Waals surface area contributed by atoms with Gasteiger partial charge in [0.15, 0.2) is 0 Å². The van der Waals surface area contributed by atoms with Crippen LogP contribution >= 0.6 is 0 Å². The van der Waals surface area contributed by atoms with Crippen LogP contribution < -0.4 is 10.6 Å². The standard InChI is InChI=1S/C16H18N4O5/c1-2-13(21)17-11-5-3-7-12(8-4-6-11)18-14(22)9-24-10-15-19-20-16(23)25-15/h3-8,15H,2,9-10H2,1H3,(H,17,21)(H,18,22)/b5-3-,6-4?,7-3?,8-4-,11-5?,11-6+,12-7+,12-8?. The Hall–Kier alpha value is -3.07. The second kappa shape index (κ2) is 9.28. The van der Waals surface area contributed by atoms with Crippen LogP contribution in [0.5, 0.6) is 0 Å². The van der Waals surface area contributed by atoms with Gasteiger partial charge in [-0.1, -0.05) is 24.2 Å². The first kappa shape index (κ1) is 18.3. The number of nitrogens with one attached hydrogen (secondary N) is 2. The molecule has 25 heavy (non-hydrogen) atoms. The number of cyclic esters (lactones) is 1. The summed E-state index contributed by atoms with van der Waals surface area (Å²) >= 11 is 0. The summed E-state index contributed by atoms with van der Waals surface area (Å²) in [4.78, 5) is 33.9. The van der Waals surface area contributed by atoms with Crippen molar-refractivity contribution in [3.63, 3.8) is 0 Å². The van der Waals surface area contributed by atoms with E-state index < -0.39 is 12.3 Å². The van der Waals surface area contributed by atoms with Crippen molar-refractivity contribution in [3.8, 4) is 0 Å². The molecular formula is C16H18N4O5. The van der Waals surface area contributed by atoms with Gasteiger partial charge in [0.2, 0.25) is 18.0 Å². The van der Waals surface area contributed by atoms with Crippen LogP contribution in [-0.4, -0.2) is 37.3 Å². The molecular weight excluding hydrogens is 328 g/mol. The normalized spacial score (nSPS) is 25.5. The van der Waals surface area contributed by atoms with Crippen LogP contribution in [0.3, 0.4) is 0 Å². The number of carbonyl (C=O) groups excluding carboxylic acids is 3. The summed E-state index contributed by atoms with van der Waals surface area (Å²) in [5, 5.41) is 12.1. The molecule has 2 N–H and O–H groups in total. The molecule has 1 aliphatic carbocycles. The van der Waals surface area contributed by atoms with Crippen LogP contribution in [0, 0.1) is 0 Å². The maximum atomic E-state index is 11.8. The summed E-state index contributed by atoms with van der Waals surface area (Å²) in [6.45, 7) is 1.51. The van der Waals surface area contributed by atoms with Crippen LogP contribution in [0.2, 0.25) is 0 Å². The summed E-state index contributed by atoms with van der Waals surface area (Å²) in [5.74, 6) is -0.443. The molecule has 0 radical (unpaired) electrons. The van der Waals surface area contributed by atoms with Crippen molar-refractivity contribution in [1.82, 2.24) is 10.6 Å². The van der Waals surface area contributed by atoms with Gasteiger partial charge in [0, 0.05) is 17.8 Å². The Labute approximate surface area is 144 Å². The van der Waals surface area contributed by atoms with Gasteiger partial charge in [0.25, 0.3) is 0 Å². The number of allylic oxidation sites excluding steroid dienone is 6. The lowest BCUT2D eigenvalue weighted by atomic mass is 10.2. The van der Waals surface area contributed by atoms with E-state index in [1.807, 2.05) is 0 Å². The molecule has 0 fully saturated rings. The fraction of sp³-hybridized carbons (Fsp3) is 0.312. The van der Waals surface area contributed by atoms with Crippen molar-refractivity contribution in [3.05, 3.63) is 47.9 Å². The molecule has 0 aromatic heterocycles. The Kier molecular flexibility index (Phi) is 6.78. The lowest BCUT2D eigenvalue weighted by molar-refractivity contribution is -0.125. The lowest BCUT2D eigenvalue weighted by Gasteiger charge is -2.09. The molecule has 132 valence electrons. The highest BCUT2D eigenvalue weighted by Gasteiger charge is 2.20. The third kappa shape index (κ3) is 6.51. The van der Waals surface area contributed by atoms with Crippen LogP contribution in [0.1, 0.15) is 13.3 Å². The van der Waals surface area contributed by atoms with Crippen molar-refractivity contribution in [2.75, 3.05) is 13.2 Å². The summed E-state index contributed by atoms with van der Waals surface area (Å²) in [5.41, 5.74) is 1.22. The van der Waals surface area contributed by atoms with Crippen LogP contribution in [0.15, 0.2) is 58.1 Å².